The lowest BCUT2D eigenvalue weighted by Gasteiger charge is -2.20. The lowest BCUT2D eigenvalue weighted by molar-refractivity contribution is -0.161. The van der Waals surface area contributed by atoms with Crippen LogP contribution in [0.1, 0.15) is 162 Å². The number of phosphoric acid groups is 1. The topological polar surface area (TPSA) is 192 Å². The van der Waals surface area contributed by atoms with Crippen molar-refractivity contribution in [3.05, 3.63) is 24.3 Å². The first-order valence-electron chi connectivity index (χ1n) is 20.9. The molecule has 0 radical (unpaired) electrons. The minimum Gasteiger partial charge on any atom is -0.462 e. The third-order valence-electron chi connectivity index (χ3n) is 9.72. The molecule has 0 saturated heterocycles. The summed E-state index contributed by atoms with van der Waals surface area (Å²) in [7, 11) is -4.43. The third kappa shape index (κ3) is 26.0. The first-order valence-corrected chi connectivity index (χ1v) is 22.4. The van der Waals surface area contributed by atoms with E-state index in [1.165, 1.54) is 25.7 Å². The molecule has 0 aromatic heterocycles. The molecule has 1 rings (SSSR count). The Hall–Kier alpha value is -1.92. The highest BCUT2D eigenvalue weighted by Gasteiger charge is 2.39. The van der Waals surface area contributed by atoms with Gasteiger partial charge < -0.3 is 30.3 Å². The zero-order valence-corrected chi connectivity index (χ0v) is 34.3. The van der Waals surface area contributed by atoms with Crippen molar-refractivity contribution in [2.24, 2.45) is 17.6 Å². The second-order valence-corrected chi connectivity index (χ2v) is 16.1. The molecule has 0 spiro atoms. The second kappa shape index (κ2) is 32.2. The van der Waals surface area contributed by atoms with Crippen LogP contribution >= 0.6 is 7.82 Å². The molecule has 6 atom stereocenters. The Balaban J connectivity index is 2.40. The number of aliphatic hydroxyl groups is 2. The maximum atomic E-state index is 12.6. The summed E-state index contributed by atoms with van der Waals surface area (Å²) in [6.07, 6.45) is 25.4. The summed E-state index contributed by atoms with van der Waals surface area (Å²) in [6.45, 7) is 3.32. The lowest BCUT2D eigenvalue weighted by Crippen LogP contribution is -2.29. The molecule has 0 aromatic carbocycles. The number of esters is 2. The van der Waals surface area contributed by atoms with Crippen LogP contribution in [0.3, 0.4) is 0 Å². The van der Waals surface area contributed by atoms with E-state index in [0.717, 1.165) is 77.0 Å². The first-order chi connectivity index (χ1) is 26.0. The number of unbranched alkanes of at least 4 members (excludes halogenated alkanes) is 14. The Bertz CT molecular complexity index is 1100. The number of carbonyl (C=O) groups is 3. The fraction of sp³-hybridized carbons (Fsp3) is 0.829. The Kier molecular flexibility index (Phi) is 29.9. The first kappa shape index (κ1) is 50.1. The molecule has 314 valence electrons. The molecule has 54 heavy (non-hydrogen) atoms. The zero-order valence-electron chi connectivity index (χ0n) is 33.4. The highest BCUT2D eigenvalue weighted by atomic mass is 31.2. The van der Waals surface area contributed by atoms with E-state index in [1.54, 1.807) is 12.2 Å². The summed E-state index contributed by atoms with van der Waals surface area (Å²) in [5.74, 6) is -1.56. The molecule has 1 unspecified atom stereocenters. The molecule has 1 aliphatic carbocycles. The van der Waals surface area contributed by atoms with E-state index in [2.05, 4.69) is 26.0 Å². The van der Waals surface area contributed by atoms with E-state index in [-0.39, 0.29) is 56.6 Å². The van der Waals surface area contributed by atoms with Gasteiger partial charge in [0.05, 0.1) is 25.4 Å². The minimum absolute atomic E-state index is 0.00385. The molecule has 1 fully saturated rings. The van der Waals surface area contributed by atoms with Gasteiger partial charge in [-0.25, -0.2) is 4.57 Å². The van der Waals surface area contributed by atoms with Gasteiger partial charge in [-0.2, -0.15) is 0 Å². The normalized spacial score (nSPS) is 19.7. The van der Waals surface area contributed by atoms with Gasteiger partial charge in [-0.05, 0) is 57.3 Å². The van der Waals surface area contributed by atoms with Gasteiger partial charge in [0.15, 0.2) is 6.10 Å². The Morgan fingerprint density at radius 1 is 0.833 bits per heavy atom. The molecule has 1 saturated carbocycles. The number of Topliss-reactive ketones (excluding diaryl/α,β-unsaturated/α-hetero) is 1. The van der Waals surface area contributed by atoms with Gasteiger partial charge in [-0.15, -0.1) is 0 Å². The fourth-order valence-corrected chi connectivity index (χ4v) is 7.30. The van der Waals surface area contributed by atoms with Crippen molar-refractivity contribution in [1.82, 2.24) is 0 Å². The number of ether oxygens (including phenoxy) is 2. The van der Waals surface area contributed by atoms with Crippen LogP contribution in [-0.4, -0.2) is 77.5 Å². The Labute approximate surface area is 325 Å². The summed E-state index contributed by atoms with van der Waals surface area (Å²) in [4.78, 5) is 47.5. The van der Waals surface area contributed by atoms with E-state index in [0.29, 0.717) is 25.7 Å². The predicted octanol–water partition coefficient (Wildman–Crippen LogP) is 8.20. The molecule has 13 heteroatoms. The van der Waals surface area contributed by atoms with Crippen LogP contribution in [-0.2, 0) is 37.5 Å². The van der Waals surface area contributed by atoms with Gasteiger partial charge in [-0.1, -0.05) is 115 Å². The quantitative estimate of drug-likeness (QED) is 0.0209. The van der Waals surface area contributed by atoms with Crippen molar-refractivity contribution in [2.45, 2.75) is 180 Å². The van der Waals surface area contributed by atoms with Gasteiger partial charge in [0, 0.05) is 31.7 Å². The maximum Gasteiger partial charge on any atom is 0.472 e. The van der Waals surface area contributed by atoms with Crippen LogP contribution in [0.5, 0.6) is 0 Å². The van der Waals surface area contributed by atoms with Crippen molar-refractivity contribution in [3.63, 3.8) is 0 Å². The van der Waals surface area contributed by atoms with Crippen LogP contribution in [0.4, 0.5) is 0 Å². The lowest BCUT2D eigenvalue weighted by atomic mass is 9.88. The molecule has 0 aliphatic heterocycles. The Morgan fingerprint density at radius 2 is 1.43 bits per heavy atom. The largest absolute Gasteiger partial charge is 0.472 e. The molecule has 12 nitrogen and oxygen atoms in total. The van der Waals surface area contributed by atoms with E-state index < -0.39 is 44.7 Å². The number of hydrogen-bond acceptors (Lipinski definition) is 11. The molecule has 0 bridgehead atoms. The van der Waals surface area contributed by atoms with Crippen molar-refractivity contribution in [1.29, 1.82) is 0 Å². The van der Waals surface area contributed by atoms with E-state index in [9.17, 15) is 34.1 Å². The van der Waals surface area contributed by atoms with Gasteiger partial charge in [0.25, 0.3) is 0 Å². The maximum absolute atomic E-state index is 12.6. The number of ketones is 1. The van der Waals surface area contributed by atoms with E-state index in [1.807, 2.05) is 0 Å². The predicted molar refractivity (Wildman–Crippen MR) is 211 cm³/mol. The van der Waals surface area contributed by atoms with E-state index >= 15 is 0 Å². The fourth-order valence-electron chi connectivity index (χ4n) is 6.53. The summed E-state index contributed by atoms with van der Waals surface area (Å²) < 4.78 is 32.7. The summed E-state index contributed by atoms with van der Waals surface area (Å²) in [5, 5.41) is 20.7. The standard InChI is InChI=1S/C41H74NO11P/c1-3-5-7-8-9-10-11-12-13-14-15-16-22-26-41(47)53-35(33-52-54(48,49)51-30-29-42)32-50-40(46)25-21-18-17-20-24-36-37(39(45)31-38(36)44)28-27-34(43)23-19-6-4-2/h10-11,27-28,34-38,43-44H,3-9,12-26,29-33,42H2,1-2H3,(H,48,49)/b11-10-,28-27+/t34-,35+,36+,37+,38-/m0/s1. The summed E-state index contributed by atoms with van der Waals surface area (Å²) in [5.41, 5.74) is 5.33. The molecule has 0 heterocycles. The number of phosphoric ester groups is 1. The van der Waals surface area contributed by atoms with Gasteiger partial charge in [-0.3, -0.25) is 23.4 Å². The second-order valence-electron chi connectivity index (χ2n) is 14.6. The monoisotopic (exact) mass is 787 g/mol. The molecule has 5 N–H and O–H groups in total. The Morgan fingerprint density at radius 3 is 2.09 bits per heavy atom. The van der Waals surface area contributed by atoms with Crippen LogP contribution in [0.2, 0.25) is 0 Å². The molecular formula is C41H74NO11P. The van der Waals surface area contributed by atoms with Crippen LogP contribution in [0, 0.1) is 11.8 Å². The highest BCUT2D eigenvalue weighted by molar-refractivity contribution is 7.47. The minimum atomic E-state index is -4.43. The van der Waals surface area contributed by atoms with Crippen LogP contribution in [0.25, 0.3) is 0 Å². The third-order valence-corrected chi connectivity index (χ3v) is 10.7. The van der Waals surface area contributed by atoms with Gasteiger partial charge >= 0.3 is 19.8 Å². The van der Waals surface area contributed by atoms with Gasteiger partial charge in [0.1, 0.15) is 12.4 Å². The van der Waals surface area contributed by atoms with E-state index in [4.69, 9.17) is 24.3 Å². The number of rotatable bonds is 35. The average molecular weight is 788 g/mol. The highest BCUT2D eigenvalue weighted by Crippen LogP contribution is 2.43. The van der Waals surface area contributed by atoms with Gasteiger partial charge in [0.2, 0.25) is 0 Å². The number of nitrogens with two attached hydrogens (primary N) is 1. The average Bonchev–Trinajstić information content (AvgIpc) is 3.41. The molecular weight excluding hydrogens is 713 g/mol. The number of hydrogen-bond donors (Lipinski definition) is 4. The molecule has 1 aliphatic rings. The zero-order chi connectivity index (χ0) is 39.9. The van der Waals surface area contributed by atoms with Crippen molar-refractivity contribution in [2.75, 3.05) is 26.4 Å². The van der Waals surface area contributed by atoms with Crippen molar-refractivity contribution >= 4 is 25.5 Å². The number of carbonyl (C=O) groups excluding carboxylic acids is 3. The number of aliphatic hydroxyl groups excluding tert-OH is 2. The SMILES string of the molecule is CCCCCC/C=C\CCCCCCCC(=O)O[C@H](COC(=O)CCCCCC[C@H]1[C@@H](O)CC(=O)[C@@H]1/C=C/[C@@H](O)CCCCC)COP(=O)(O)OCCN. The summed E-state index contributed by atoms with van der Waals surface area (Å²) in [6, 6.07) is 0. The van der Waals surface area contributed by atoms with Crippen LogP contribution < -0.4 is 5.73 Å². The van der Waals surface area contributed by atoms with Crippen LogP contribution in [0.15, 0.2) is 24.3 Å². The summed E-state index contributed by atoms with van der Waals surface area (Å²) >= 11 is 0. The number of allylic oxidation sites excluding steroid dienone is 3. The van der Waals surface area contributed by atoms with Crippen molar-refractivity contribution < 1.29 is 52.6 Å². The molecule has 0 aromatic rings. The smallest absolute Gasteiger partial charge is 0.462 e. The van der Waals surface area contributed by atoms with Crippen molar-refractivity contribution in [3.8, 4) is 0 Å². The molecule has 0 amide bonds.